The van der Waals surface area contributed by atoms with Gasteiger partial charge in [0.15, 0.2) is 0 Å². The first kappa shape index (κ1) is 24.0. The van der Waals surface area contributed by atoms with Gasteiger partial charge in [-0.05, 0) is 60.0 Å². The molecule has 1 atom stereocenters. The van der Waals surface area contributed by atoms with Crippen LogP contribution >= 0.6 is 0 Å². The highest BCUT2D eigenvalue weighted by Crippen LogP contribution is 2.39. The van der Waals surface area contributed by atoms with Crippen molar-refractivity contribution in [2.24, 2.45) is 0 Å². The average Bonchev–Trinajstić information content (AvgIpc) is 3.45. The minimum atomic E-state index is -0.901. The molecule has 37 heavy (non-hydrogen) atoms. The molecule has 4 aromatic rings. The number of aliphatic hydroxyl groups is 1. The number of aliphatic hydroxyl groups excluding tert-OH is 1. The van der Waals surface area contributed by atoms with Crippen molar-refractivity contribution in [2.75, 3.05) is 13.7 Å². The SMILES string of the molecule is COC(=O)c1ccc([C@H]2C(=C(O)c3ccc(F)cc3)C(=O)C(=O)N2CCc2c[nH]c3ccccc23)cc1. The Kier molecular flexibility index (Phi) is 6.31. The van der Waals surface area contributed by atoms with Crippen LogP contribution in [-0.2, 0) is 20.7 Å². The number of amides is 1. The third-order valence-electron chi connectivity index (χ3n) is 6.60. The lowest BCUT2D eigenvalue weighted by Crippen LogP contribution is -2.31. The van der Waals surface area contributed by atoms with Crippen molar-refractivity contribution in [1.82, 2.24) is 9.88 Å². The van der Waals surface area contributed by atoms with E-state index in [2.05, 4.69) is 4.98 Å². The largest absolute Gasteiger partial charge is 0.507 e. The van der Waals surface area contributed by atoms with Gasteiger partial charge < -0.3 is 19.7 Å². The second kappa shape index (κ2) is 9.73. The van der Waals surface area contributed by atoms with Gasteiger partial charge in [-0.15, -0.1) is 0 Å². The quantitative estimate of drug-likeness (QED) is 0.173. The molecule has 5 rings (SSSR count). The predicted molar refractivity (Wildman–Crippen MR) is 135 cm³/mol. The first-order valence-electron chi connectivity index (χ1n) is 11.7. The Bertz CT molecular complexity index is 1540. The molecule has 1 saturated heterocycles. The maximum atomic E-state index is 13.5. The molecule has 7 nitrogen and oxygen atoms in total. The van der Waals surface area contributed by atoms with Crippen molar-refractivity contribution in [2.45, 2.75) is 12.5 Å². The summed E-state index contributed by atoms with van der Waals surface area (Å²) in [6.07, 6.45) is 2.34. The summed E-state index contributed by atoms with van der Waals surface area (Å²) >= 11 is 0. The van der Waals surface area contributed by atoms with Gasteiger partial charge >= 0.3 is 5.97 Å². The van der Waals surface area contributed by atoms with Crippen LogP contribution in [0.25, 0.3) is 16.7 Å². The standard InChI is InChI=1S/C29H23FN2O5/c1-37-29(36)19-8-6-17(7-9-19)25-24(26(33)18-10-12-21(30)13-11-18)27(34)28(35)32(25)15-14-20-16-31-23-5-3-2-4-22(20)23/h2-13,16,25,31,33H,14-15H2,1H3/t25-/m0/s1. The number of aromatic nitrogens is 1. The van der Waals surface area contributed by atoms with Gasteiger partial charge in [-0.2, -0.15) is 0 Å². The van der Waals surface area contributed by atoms with E-state index >= 15 is 0 Å². The molecule has 0 bridgehead atoms. The van der Waals surface area contributed by atoms with E-state index in [0.29, 0.717) is 17.5 Å². The fourth-order valence-electron chi connectivity index (χ4n) is 4.72. The second-order valence-electron chi connectivity index (χ2n) is 8.72. The summed E-state index contributed by atoms with van der Waals surface area (Å²) in [4.78, 5) is 43.0. The number of fused-ring (bicyclic) bond motifs is 1. The number of carbonyl (C=O) groups is 3. The molecule has 186 valence electrons. The number of rotatable bonds is 6. The molecule has 0 aliphatic carbocycles. The van der Waals surface area contributed by atoms with Crippen LogP contribution in [0, 0.1) is 5.82 Å². The molecule has 8 heteroatoms. The van der Waals surface area contributed by atoms with Crippen molar-refractivity contribution in [3.8, 4) is 0 Å². The van der Waals surface area contributed by atoms with E-state index in [1.54, 1.807) is 24.3 Å². The third-order valence-corrected chi connectivity index (χ3v) is 6.60. The van der Waals surface area contributed by atoms with Crippen LogP contribution in [0.2, 0.25) is 0 Å². The number of methoxy groups -OCH3 is 1. The zero-order chi connectivity index (χ0) is 26.1. The van der Waals surface area contributed by atoms with Gasteiger partial charge in [0.1, 0.15) is 11.6 Å². The molecule has 2 heterocycles. The van der Waals surface area contributed by atoms with E-state index in [-0.39, 0.29) is 17.7 Å². The summed E-state index contributed by atoms with van der Waals surface area (Å²) in [6.45, 7) is 0.204. The van der Waals surface area contributed by atoms with Crippen molar-refractivity contribution < 1.29 is 28.6 Å². The van der Waals surface area contributed by atoms with Crippen molar-refractivity contribution in [3.63, 3.8) is 0 Å². The summed E-state index contributed by atoms with van der Waals surface area (Å²) in [5.41, 5.74) is 2.91. The Labute approximate surface area is 211 Å². The molecular formula is C29H23FN2O5. The molecule has 1 amide bonds. The highest BCUT2D eigenvalue weighted by molar-refractivity contribution is 6.46. The highest BCUT2D eigenvalue weighted by Gasteiger charge is 2.45. The molecule has 1 fully saturated rings. The molecule has 1 aliphatic heterocycles. The topological polar surface area (TPSA) is 99.7 Å². The number of para-hydroxylation sites is 1. The fourth-order valence-corrected chi connectivity index (χ4v) is 4.72. The summed E-state index contributed by atoms with van der Waals surface area (Å²) in [5, 5.41) is 12.1. The normalized spacial score (nSPS) is 16.9. The minimum Gasteiger partial charge on any atom is -0.507 e. The van der Waals surface area contributed by atoms with Gasteiger partial charge in [0, 0.05) is 29.2 Å². The van der Waals surface area contributed by atoms with Crippen molar-refractivity contribution in [3.05, 3.63) is 113 Å². The average molecular weight is 499 g/mol. The van der Waals surface area contributed by atoms with E-state index in [9.17, 15) is 23.9 Å². The van der Waals surface area contributed by atoms with Gasteiger partial charge in [0.2, 0.25) is 0 Å². The number of hydrogen-bond donors (Lipinski definition) is 2. The van der Waals surface area contributed by atoms with E-state index in [1.165, 1.54) is 36.3 Å². The minimum absolute atomic E-state index is 0.0960. The summed E-state index contributed by atoms with van der Waals surface area (Å²) < 4.78 is 18.2. The number of H-pyrrole nitrogens is 1. The number of likely N-dealkylation sites (tertiary alicyclic amines) is 1. The number of aromatic amines is 1. The number of nitrogens with zero attached hydrogens (tertiary/aromatic N) is 1. The number of carbonyl (C=O) groups excluding carboxylic acids is 3. The van der Waals surface area contributed by atoms with Crippen LogP contribution in [-0.4, -0.2) is 46.3 Å². The number of Topliss-reactive ketones (excluding diaryl/α,β-unsaturated/α-hetero) is 1. The number of benzene rings is 3. The Morgan fingerprint density at radius 1 is 1.00 bits per heavy atom. The molecule has 0 unspecified atom stereocenters. The number of halogens is 1. The summed E-state index contributed by atoms with van der Waals surface area (Å²) in [6, 6.07) is 18.3. The summed E-state index contributed by atoms with van der Waals surface area (Å²) in [5.74, 6) is -2.99. The monoisotopic (exact) mass is 498 g/mol. The smallest absolute Gasteiger partial charge is 0.337 e. The first-order chi connectivity index (χ1) is 17.9. The van der Waals surface area contributed by atoms with Gasteiger partial charge in [-0.25, -0.2) is 9.18 Å². The highest BCUT2D eigenvalue weighted by atomic mass is 19.1. The second-order valence-corrected chi connectivity index (χ2v) is 8.72. The molecule has 3 aromatic carbocycles. The number of hydrogen-bond acceptors (Lipinski definition) is 5. The van der Waals surface area contributed by atoms with E-state index < -0.39 is 35.3 Å². The first-order valence-corrected chi connectivity index (χ1v) is 11.7. The van der Waals surface area contributed by atoms with Crippen LogP contribution < -0.4 is 0 Å². The maximum Gasteiger partial charge on any atom is 0.337 e. The number of esters is 1. The van der Waals surface area contributed by atoms with E-state index in [1.807, 2.05) is 30.5 Å². The number of nitrogens with one attached hydrogen (secondary N) is 1. The van der Waals surface area contributed by atoms with Crippen molar-refractivity contribution >= 4 is 34.3 Å². The third kappa shape index (κ3) is 4.38. The molecule has 0 radical (unpaired) electrons. The van der Waals surface area contributed by atoms with Crippen LogP contribution in [0.5, 0.6) is 0 Å². The van der Waals surface area contributed by atoms with Gasteiger partial charge in [0.05, 0.1) is 24.3 Å². The van der Waals surface area contributed by atoms with E-state index in [0.717, 1.165) is 16.5 Å². The fraction of sp³-hybridized carbons (Fsp3) is 0.138. The van der Waals surface area contributed by atoms with Gasteiger partial charge in [0.25, 0.3) is 11.7 Å². The van der Waals surface area contributed by atoms with Gasteiger partial charge in [-0.3, -0.25) is 9.59 Å². The van der Waals surface area contributed by atoms with Crippen LogP contribution in [0.3, 0.4) is 0 Å². The Balaban J connectivity index is 1.56. The Morgan fingerprint density at radius 2 is 1.68 bits per heavy atom. The lowest BCUT2D eigenvalue weighted by molar-refractivity contribution is -0.139. The Morgan fingerprint density at radius 3 is 2.38 bits per heavy atom. The predicted octanol–water partition coefficient (Wildman–Crippen LogP) is 4.76. The molecule has 0 saturated carbocycles. The van der Waals surface area contributed by atoms with Gasteiger partial charge in [-0.1, -0.05) is 30.3 Å². The van der Waals surface area contributed by atoms with Crippen LogP contribution in [0.15, 0.2) is 84.6 Å². The molecule has 1 aliphatic rings. The van der Waals surface area contributed by atoms with E-state index in [4.69, 9.17) is 4.74 Å². The zero-order valence-electron chi connectivity index (χ0n) is 19.9. The zero-order valence-corrected chi connectivity index (χ0v) is 19.9. The lowest BCUT2D eigenvalue weighted by Gasteiger charge is -2.25. The van der Waals surface area contributed by atoms with Crippen LogP contribution in [0.4, 0.5) is 4.39 Å². The van der Waals surface area contributed by atoms with Crippen LogP contribution in [0.1, 0.15) is 33.1 Å². The molecule has 2 N–H and O–H groups in total. The summed E-state index contributed by atoms with van der Waals surface area (Å²) in [7, 11) is 1.28. The molecule has 0 spiro atoms. The number of ether oxygens (including phenoxy) is 1. The maximum absolute atomic E-state index is 13.5. The van der Waals surface area contributed by atoms with Crippen molar-refractivity contribution in [1.29, 1.82) is 0 Å². The Hall–Kier alpha value is -4.72. The number of ketones is 1. The molecular weight excluding hydrogens is 475 g/mol. The molecule has 1 aromatic heterocycles. The lowest BCUT2D eigenvalue weighted by atomic mass is 9.94.